The number of rotatable bonds is 5. The highest BCUT2D eigenvalue weighted by Crippen LogP contribution is 2.35. The summed E-state index contributed by atoms with van der Waals surface area (Å²) < 4.78 is 38.8. The fourth-order valence-corrected chi connectivity index (χ4v) is 5.74. The molecular weight excluding hydrogens is 434 g/mol. The summed E-state index contributed by atoms with van der Waals surface area (Å²) in [6.07, 6.45) is 1.16. The summed E-state index contributed by atoms with van der Waals surface area (Å²) in [4.78, 5) is 24.5. The van der Waals surface area contributed by atoms with E-state index in [0.29, 0.717) is 47.8 Å². The number of nitrogens with zero attached hydrogens (tertiary/aromatic N) is 1. The number of anilines is 2. The fraction of sp³-hybridized carbons (Fsp3) is 0.364. The number of amides is 2. The molecule has 2 heterocycles. The van der Waals surface area contributed by atoms with Crippen molar-refractivity contribution in [2.24, 2.45) is 5.92 Å². The number of nitrogens with one attached hydrogen (secondary N) is 2. The Bertz CT molecular complexity index is 1160. The van der Waals surface area contributed by atoms with Crippen molar-refractivity contribution in [3.8, 4) is 11.5 Å². The van der Waals surface area contributed by atoms with Gasteiger partial charge in [0, 0.05) is 19.2 Å². The van der Waals surface area contributed by atoms with Crippen LogP contribution in [0.5, 0.6) is 11.5 Å². The molecule has 2 aromatic carbocycles. The summed E-state index contributed by atoms with van der Waals surface area (Å²) in [6.45, 7) is 1.92. The van der Waals surface area contributed by atoms with E-state index in [9.17, 15) is 18.0 Å². The summed E-state index contributed by atoms with van der Waals surface area (Å²) >= 11 is 0. The molecule has 0 radical (unpaired) electrons. The maximum Gasteiger partial charge on any atom is 0.262 e. The lowest BCUT2D eigenvalue weighted by Gasteiger charge is -2.32. The molecule has 170 valence electrons. The molecule has 1 saturated heterocycles. The second-order valence-electron chi connectivity index (χ2n) is 7.84. The zero-order valence-corrected chi connectivity index (χ0v) is 18.7. The van der Waals surface area contributed by atoms with Gasteiger partial charge in [0.15, 0.2) is 6.61 Å². The van der Waals surface area contributed by atoms with Crippen molar-refractivity contribution in [1.29, 1.82) is 0 Å². The minimum Gasteiger partial charge on any atom is -0.495 e. The third kappa shape index (κ3) is 4.28. The molecule has 1 fully saturated rings. The molecule has 2 aliphatic rings. The van der Waals surface area contributed by atoms with Crippen LogP contribution in [0.1, 0.15) is 18.4 Å². The Labute approximate surface area is 186 Å². The molecule has 10 heteroatoms. The quantitative estimate of drug-likeness (QED) is 0.710. The summed E-state index contributed by atoms with van der Waals surface area (Å²) in [6, 6.07) is 10.1. The normalized spacial score (nSPS) is 18.8. The molecule has 2 amide bonds. The topological polar surface area (TPSA) is 114 Å². The maximum atomic E-state index is 13.4. The van der Waals surface area contributed by atoms with E-state index in [1.807, 2.05) is 0 Å². The van der Waals surface area contributed by atoms with Crippen LogP contribution in [0.2, 0.25) is 0 Å². The molecule has 2 aliphatic heterocycles. The van der Waals surface area contributed by atoms with Crippen LogP contribution in [0, 0.1) is 12.8 Å². The molecule has 2 N–H and O–H groups in total. The molecule has 0 bridgehead atoms. The number of para-hydroxylation sites is 2. The lowest BCUT2D eigenvalue weighted by Crippen LogP contribution is -2.43. The average Bonchev–Trinajstić information content (AvgIpc) is 2.78. The number of carbonyl (C=O) groups excluding carboxylic acids is 2. The number of sulfonamides is 1. The van der Waals surface area contributed by atoms with Gasteiger partial charge in [-0.3, -0.25) is 9.59 Å². The second-order valence-corrected chi connectivity index (χ2v) is 9.75. The number of benzene rings is 2. The van der Waals surface area contributed by atoms with E-state index >= 15 is 0 Å². The molecule has 2 aromatic rings. The van der Waals surface area contributed by atoms with Gasteiger partial charge in [0.1, 0.15) is 11.5 Å². The van der Waals surface area contributed by atoms with E-state index in [0.717, 1.165) is 0 Å². The van der Waals surface area contributed by atoms with Crippen molar-refractivity contribution in [3.05, 3.63) is 42.0 Å². The Morgan fingerprint density at radius 3 is 2.84 bits per heavy atom. The van der Waals surface area contributed by atoms with Gasteiger partial charge in [0.25, 0.3) is 5.91 Å². The van der Waals surface area contributed by atoms with Crippen LogP contribution in [-0.2, 0) is 19.6 Å². The number of fused-ring (bicyclic) bond motifs is 1. The second kappa shape index (κ2) is 8.79. The standard InChI is InChI=1S/C22H25N3O6S/c1-14-10-17-19(31-13-21(26)23-17)11-20(14)32(28,29)25-9-5-6-15(12-25)22(27)24-16-7-3-4-8-18(16)30-2/h3-4,7-8,10-11,15H,5-6,9,12-13H2,1-2H3,(H,23,26)(H,24,27). The molecular formula is C22H25N3O6S. The monoisotopic (exact) mass is 459 g/mol. The highest BCUT2D eigenvalue weighted by Gasteiger charge is 2.35. The SMILES string of the molecule is COc1ccccc1NC(=O)C1CCCN(S(=O)(=O)c2cc3c(cc2C)NC(=O)CO3)C1. The Morgan fingerprint density at radius 2 is 2.06 bits per heavy atom. The van der Waals surface area contributed by atoms with E-state index in [1.165, 1.54) is 17.5 Å². The van der Waals surface area contributed by atoms with Crippen LogP contribution in [0.4, 0.5) is 11.4 Å². The van der Waals surface area contributed by atoms with Crippen LogP contribution in [0.3, 0.4) is 0 Å². The summed E-state index contributed by atoms with van der Waals surface area (Å²) in [5.74, 6) is -0.166. The molecule has 32 heavy (non-hydrogen) atoms. The number of carbonyl (C=O) groups is 2. The van der Waals surface area contributed by atoms with E-state index in [1.54, 1.807) is 37.3 Å². The maximum absolute atomic E-state index is 13.4. The van der Waals surface area contributed by atoms with Crippen molar-refractivity contribution in [3.63, 3.8) is 0 Å². The lowest BCUT2D eigenvalue weighted by atomic mass is 9.98. The number of aryl methyl sites for hydroxylation is 1. The number of hydrogen-bond donors (Lipinski definition) is 2. The smallest absolute Gasteiger partial charge is 0.262 e. The third-order valence-electron chi connectivity index (χ3n) is 5.65. The predicted molar refractivity (Wildman–Crippen MR) is 118 cm³/mol. The van der Waals surface area contributed by atoms with Gasteiger partial charge in [-0.15, -0.1) is 0 Å². The fourth-order valence-electron chi connectivity index (χ4n) is 3.99. The number of methoxy groups -OCH3 is 1. The van der Waals surface area contributed by atoms with Crippen LogP contribution in [0.25, 0.3) is 0 Å². The number of piperidine rings is 1. The Balaban J connectivity index is 1.54. The zero-order valence-electron chi connectivity index (χ0n) is 17.9. The van der Waals surface area contributed by atoms with Gasteiger partial charge in [-0.1, -0.05) is 12.1 Å². The summed E-state index contributed by atoms with van der Waals surface area (Å²) in [7, 11) is -2.33. The molecule has 4 rings (SSSR count). The highest BCUT2D eigenvalue weighted by atomic mass is 32.2. The summed E-state index contributed by atoms with van der Waals surface area (Å²) in [5, 5.41) is 5.53. The van der Waals surface area contributed by atoms with Gasteiger partial charge in [-0.2, -0.15) is 4.31 Å². The predicted octanol–water partition coefficient (Wildman–Crippen LogP) is 2.37. The molecule has 0 aliphatic carbocycles. The van der Waals surface area contributed by atoms with E-state index in [4.69, 9.17) is 9.47 Å². The first-order valence-electron chi connectivity index (χ1n) is 10.3. The van der Waals surface area contributed by atoms with Gasteiger partial charge in [0.2, 0.25) is 15.9 Å². The summed E-state index contributed by atoms with van der Waals surface area (Å²) in [5.41, 5.74) is 1.49. The van der Waals surface area contributed by atoms with Crippen LogP contribution in [-0.4, -0.2) is 51.3 Å². The first-order valence-corrected chi connectivity index (χ1v) is 11.7. The van der Waals surface area contributed by atoms with E-state index in [-0.39, 0.29) is 29.9 Å². The van der Waals surface area contributed by atoms with Crippen molar-refractivity contribution in [1.82, 2.24) is 4.31 Å². The van der Waals surface area contributed by atoms with Gasteiger partial charge >= 0.3 is 0 Å². The van der Waals surface area contributed by atoms with Crippen molar-refractivity contribution in [2.45, 2.75) is 24.7 Å². The van der Waals surface area contributed by atoms with Crippen LogP contribution in [0.15, 0.2) is 41.3 Å². The molecule has 0 saturated carbocycles. The van der Waals surface area contributed by atoms with Gasteiger partial charge < -0.3 is 20.1 Å². The first kappa shape index (κ1) is 22.1. The molecule has 9 nitrogen and oxygen atoms in total. The zero-order chi connectivity index (χ0) is 22.9. The van der Waals surface area contributed by atoms with Crippen LogP contribution >= 0.6 is 0 Å². The highest BCUT2D eigenvalue weighted by molar-refractivity contribution is 7.89. The Hall–Kier alpha value is -3.11. The van der Waals surface area contributed by atoms with Crippen LogP contribution < -0.4 is 20.1 Å². The molecule has 0 aromatic heterocycles. The van der Waals surface area contributed by atoms with Gasteiger partial charge in [-0.05, 0) is 43.5 Å². The van der Waals surface area contributed by atoms with Gasteiger partial charge in [-0.25, -0.2) is 8.42 Å². The van der Waals surface area contributed by atoms with Crippen molar-refractivity contribution >= 4 is 33.2 Å². The Morgan fingerprint density at radius 1 is 1.28 bits per heavy atom. The number of ether oxygens (including phenoxy) is 2. The minimum absolute atomic E-state index is 0.0808. The number of hydrogen-bond acceptors (Lipinski definition) is 6. The average molecular weight is 460 g/mol. The van der Waals surface area contributed by atoms with E-state index < -0.39 is 15.9 Å². The molecule has 1 unspecified atom stereocenters. The third-order valence-corrected chi connectivity index (χ3v) is 7.65. The Kier molecular flexibility index (Phi) is 6.07. The minimum atomic E-state index is -3.86. The van der Waals surface area contributed by atoms with Gasteiger partial charge in [0.05, 0.1) is 29.3 Å². The first-order chi connectivity index (χ1) is 15.3. The van der Waals surface area contributed by atoms with Crippen molar-refractivity contribution in [2.75, 3.05) is 37.4 Å². The van der Waals surface area contributed by atoms with Crippen molar-refractivity contribution < 1.29 is 27.5 Å². The van der Waals surface area contributed by atoms with E-state index in [2.05, 4.69) is 10.6 Å². The molecule has 0 spiro atoms. The molecule has 1 atom stereocenters. The largest absolute Gasteiger partial charge is 0.495 e. The lowest BCUT2D eigenvalue weighted by molar-refractivity contribution is -0.121.